The van der Waals surface area contributed by atoms with E-state index in [1.54, 1.807) is 11.8 Å². The summed E-state index contributed by atoms with van der Waals surface area (Å²) in [5.41, 5.74) is 1.36. The molecule has 110 valence electrons. The molecule has 1 unspecified atom stereocenters. The predicted molar refractivity (Wildman–Crippen MR) is 84.0 cm³/mol. The van der Waals surface area contributed by atoms with Crippen LogP contribution in [0.2, 0.25) is 0 Å². The van der Waals surface area contributed by atoms with Gasteiger partial charge in [0, 0.05) is 24.4 Å². The number of carbonyl (C=O) groups excluding carboxylic acids is 1. The van der Waals surface area contributed by atoms with Crippen molar-refractivity contribution in [1.82, 2.24) is 4.90 Å². The fourth-order valence-electron chi connectivity index (χ4n) is 2.56. The highest BCUT2D eigenvalue weighted by Crippen LogP contribution is 2.22. The number of amides is 1. The molecule has 1 heterocycles. The third-order valence-electron chi connectivity index (χ3n) is 3.86. The first-order valence-corrected chi connectivity index (χ1v) is 8.51. The molecule has 1 amide bonds. The topological polar surface area (TPSA) is 40.5 Å². The molecule has 0 spiro atoms. The van der Waals surface area contributed by atoms with E-state index < -0.39 is 5.60 Å². The molecule has 0 aromatic heterocycles. The summed E-state index contributed by atoms with van der Waals surface area (Å²) in [6.07, 6.45) is 4.36. The molecule has 1 aliphatic heterocycles. The van der Waals surface area contributed by atoms with Crippen molar-refractivity contribution < 1.29 is 9.90 Å². The van der Waals surface area contributed by atoms with Gasteiger partial charge in [-0.3, -0.25) is 4.79 Å². The number of nitrogens with zero attached hydrogens (tertiary/aromatic N) is 1. The highest BCUT2D eigenvalue weighted by atomic mass is 32.2. The largest absolute Gasteiger partial charge is 0.390 e. The van der Waals surface area contributed by atoms with Crippen LogP contribution in [0, 0.1) is 0 Å². The van der Waals surface area contributed by atoms with Crippen molar-refractivity contribution in [2.24, 2.45) is 0 Å². The molecule has 1 atom stereocenters. The Morgan fingerprint density at radius 1 is 1.30 bits per heavy atom. The van der Waals surface area contributed by atoms with Crippen LogP contribution in [-0.4, -0.2) is 40.9 Å². The lowest BCUT2D eigenvalue weighted by Gasteiger charge is -2.22. The molecule has 4 heteroatoms. The van der Waals surface area contributed by atoms with Gasteiger partial charge in [0.25, 0.3) is 5.91 Å². The van der Waals surface area contributed by atoms with Crippen LogP contribution in [-0.2, 0) is 5.75 Å². The molecule has 1 aromatic rings. The van der Waals surface area contributed by atoms with Crippen molar-refractivity contribution in [3.8, 4) is 0 Å². The Kier molecular flexibility index (Phi) is 5.11. The van der Waals surface area contributed by atoms with Gasteiger partial charge in [-0.25, -0.2) is 0 Å². The van der Waals surface area contributed by atoms with Crippen molar-refractivity contribution in [1.29, 1.82) is 0 Å². The first-order chi connectivity index (χ1) is 9.52. The van der Waals surface area contributed by atoms with Gasteiger partial charge in [-0.15, -0.1) is 0 Å². The van der Waals surface area contributed by atoms with Crippen LogP contribution in [0.3, 0.4) is 0 Å². The Labute approximate surface area is 125 Å². The highest BCUT2D eigenvalue weighted by molar-refractivity contribution is 7.97. The zero-order valence-electron chi connectivity index (χ0n) is 12.3. The molecule has 0 radical (unpaired) electrons. The summed E-state index contributed by atoms with van der Waals surface area (Å²) < 4.78 is 0. The van der Waals surface area contributed by atoms with Crippen LogP contribution in [0.15, 0.2) is 24.3 Å². The van der Waals surface area contributed by atoms with E-state index in [-0.39, 0.29) is 5.91 Å². The fraction of sp³-hybridized carbons (Fsp3) is 0.562. The van der Waals surface area contributed by atoms with Crippen molar-refractivity contribution in [2.75, 3.05) is 19.3 Å². The van der Waals surface area contributed by atoms with Gasteiger partial charge >= 0.3 is 0 Å². The molecule has 1 N–H and O–H groups in total. The highest BCUT2D eigenvalue weighted by Gasteiger charge is 2.27. The van der Waals surface area contributed by atoms with Crippen LogP contribution in [0.25, 0.3) is 0 Å². The van der Waals surface area contributed by atoms with E-state index in [0.717, 1.165) is 30.7 Å². The Bertz CT molecular complexity index is 456. The number of hydrogen-bond donors (Lipinski definition) is 1. The number of aliphatic hydroxyl groups is 1. The number of likely N-dealkylation sites (tertiary alicyclic amines) is 1. The third-order valence-corrected chi connectivity index (χ3v) is 4.48. The summed E-state index contributed by atoms with van der Waals surface area (Å²) in [4.78, 5) is 14.3. The SMILES string of the molecule is CSCc1ccc(C(=O)N2CCCC(C)(O)CC2)cc1. The normalized spacial score (nSPS) is 23.4. The monoisotopic (exact) mass is 293 g/mol. The minimum absolute atomic E-state index is 0.0819. The summed E-state index contributed by atoms with van der Waals surface area (Å²) in [5.74, 6) is 1.06. The van der Waals surface area contributed by atoms with Gasteiger partial charge in [-0.05, 0) is 50.1 Å². The van der Waals surface area contributed by atoms with E-state index in [0.29, 0.717) is 13.0 Å². The van der Waals surface area contributed by atoms with Gasteiger partial charge in [0.15, 0.2) is 0 Å². The summed E-state index contributed by atoms with van der Waals surface area (Å²) in [5, 5.41) is 10.1. The summed E-state index contributed by atoms with van der Waals surface area (Å²) in [6.45, 7) is 3.23. The zero-order chi connectivity index (χ0) is 14.6. The lowest BCUT2D eigenvalue weighted by Crippen LogP contribution is -2.33. The molecule has 1 saturated heterocycles. The smallest absolute Gasteiger partial charge is 0.253 e. The lowest BCUT2D eigenvalue weighted by atomic mass is 9.98. The second kappa shape index (κ2) is 6.64. The fourth-order valence-corrected chi connectivity index (χ4v) is 3.09. The molecule has 1 aliphatic rings. The van der Waals surface area contributed by atoms with E-state index in [9.17, 15) is 9.90 Å². The van der Waals surface area contributed by atoms with E-state index in [1.807, 2.05) is 36.1 Å². The molecule has 3 nitrogen and oxygen atoms in total. The average molecular weight is 293 g/mol. The maximum atomic E-state index is 12.5. The average Bonchev–Trinajstić information content (AvgIpc) is 2.60. The van der Waals surface area contributed by atoms with Crippen LogP contribution >= 0.6 is 11.8 Å². The predicted octanol–water partition coefficient (Wildman–Crippen LogP) is 2.93. The standard InChI is InChI=1S/C16H23NO2S/c1-16(19)8-3-10-17(11-9-16)15(18)14-6-4-13(5-7-14)12-20-2/h4-7,19H,3,8-12H2,1-2H3. The van der Waals surface area contributed by atoms with Crippen molar-refractivity contribution in [3.05, 3.63) is 35.4 Å². The minimum atomic E-state index is -0.628. The molecule has 0 saturated carbocycles. The minimum Gasteiger partial charge on any atom is -0.390 e. The number of rotatable bonds is 3. The van der Waals surface area contributed by atoms with E-state index in [2.05, 4.69) is 6.26 Å². The quantitative estimate of drug-likeness (QED) is 0.931. The Balaban J connectivity index is 2.03. The number of thioether (sulfide) groups is 1. The van der Waals surface area contributed by atoms with Gasteiger partial charge < -0.3 is 10.0 Å². The summed E-state index contributed by atoms with van der Waals surface area (Å²) >= 11 is 1.78. The molecular weight excluding hydrogens is 270 g/mol. The van der Waals surface area contributed by atoms with Crippen molar-refractivity contribution in [3.63, 3.8) is 0 Å². The van der Waals surface area contributed by atoms with Crippen LogP contribution < -0.4 is 0 Å². The molecule has 1 fully saturated rings. The Morgan fingerprint density at radius 3 is 2.65 bits per heavy atom. The van der Waals surface area contributed by atoms with Crippen molar-refractivity contribution in [2.45, 2.75) is 37.5 Å². The molecule has 2 rings (SSSR count). The maximum Gasteiger partial charge on any atom is 0.253 e. The van der Waals surface area contributed by atoms with E-state index in [1.165, 1.54) is 5.56 Å². The van der Waals surface area contributed by atoms with Crippen molar-refractivity contribution >= 4 is 17.7 Å². The van der Waals surface area contributed by atoms with Gasteiger partial charge in [0.2, 0.25) is 0 Å². The molecule has 0 aliphatic carbocycles. The van der Waals surface area contributed by atoms with Gasteiger partial charge in [-0.1, -0.05) is 12.1 Å². The second-order valence-corrected chi connectivity index (χ2v) is 6.64. The number of hydrogen-bond acceptors (Lipinski definition) is 3. The lowest BCUT2D eigenvalue weighted by molar-refractivity contribution is 0.0438. The number of benzene rings is 1. The zero-order valence-corrected chi connectivity index (χ0v) is 13.1. The Hall–Kier alpha value is -1.00. The summed E-state index contributed by atoms with van der Waals surface area (Å²) in [6, 6.07) is 7.88. The van der Waals surface area contributed by atoms with E-state index in [4.69, 9.17) is 0 Å². The van der Waals surface area contributed by atoms with Gasteiger partial charge in [0.05, 0.1) is 5.60 Å². The first kappa shape index (κ1) is 15.4. The van der Waals surface area contributed by atoms with Crippen LogP contribution in [0.4, 0.5) is 0 Å². The van der Waals surface area contributed by atoms with E-state index >= 15 is 0 Å². The molecule has 1 aromatic carbocycles. The third kappa shape index (κ3) is 4.00. The molecular formula is C16H23NO2S. The molecule has 20 heavy (non-hydrogen) atoms. The summed E-state index contributed by atoms with van der Waals surface area (Å²) in [7, 11) is 0. The van der Waals surface area contributed by atoms with Crippen LogP contribution in [0.5, 0.6) is 0 Å². The molecule has 0 bridgehead atoms. The maximum absolute atomic E-state index is 12.5. The van der Waals surface area contributed by atoms with Gasteiger partial charge in [0.1, 0.15) is 0 Å². The number of carbonyl (C=O) groups is 1. The van der Waals surface area contributed by atoms with Crippen LogP contribution in [0.1, 0.15) is 42.1 Å². The second-order valence-electron chi connectivity index (χ2n) is 5.77. The Morgan fingerprint density at radius 2 is 2.00 bits per heavy atom. The van der Waals surface area contributed by atoms with Gasteiger partial charge in [-0.2, -0.15) is 11.8 Å². The first-order valence-electron chi connectivity index (χ1n) is 7.11.